The van der Waals surface area contributed by atoms with Crippen LogP contribution in [0.5, 0.6) is 11.5 Å². The van der Waals surface area contributed by atoms with Crippen LogP contribution in [-0.2, 0) is 9.53 Å². The van der Waals surface area contributed by atoms with Crippen molar-refractivity contribution >= 4 is 23.2 Å². The number of nitrogens with two attached hydrogens (primary N) is 1. The SMILES string of the molecule is COC(=O)[C@H]1CN(C(=O)SN)C[C@@H]1c1ccc(OC)c(OC2CCCC2)c1. The lowest BCUT2D eigenvalue weighted by Gasteiger charge is -2.20. The van der Waals surface area contributed by atoms with Gasteiger partial charge in [-0.15, -0.1) is 0 Å². The molecule has 1 aliphatic heterocycles. The molecule has 1 aliphatic carbocycles. The summed E-state index contributed by atoms with van der Waals surface area (Å²) in [6.07, 6.45) is 4.62. The Morgan fingerprint density at radius 2 is 1.89 bits per heavy atom. The molecule has 0 aromatic heterocycles. The zero-order valence-corrected chi connectivity index (χ0v) is 16.5. The molecule has 148 valence electrons. The lowest BCUT2D eigenvalue weighted by Crippen LogP contribution is -2.27. The maximum Gasteiger partial charge on any atom is 0.311 e. The Balaban J connectivity index is 1.87. The molecule has 8 heteroatoms. The van der Waals surface area contributed by atoms with Crippen molar-refractivity contribution in [1.29, 1.82) is 0 Å². The summed E-state index contributed by atoms with van der Waals surface area (Å²) in [5.74, 6) is 0.419. The largest absolute Gasteiger partial charge is 0.493 e. The zero-order chi connectivity index (χ0) is 19.4. The fourth-order valence-corrected chi connectivity index (χ4v) is 4.26. The first-order valence-electron chi connectivity index (χ1n) is 9.15. The molecule has 2 N–H and O–H groups in total. The van der Waals surface area contributed by atoms with Crippen LogP contribution in [0.1, 0.15) is 37.2 Å². The molecule has 1 heterocycles. The van der Waals surface area contributed by atoms with Crippen molar-refractivity contribution in [2.24, 2.45) is 11.1 Å². The fourth-order valence-electron chi connectivity index (χ4n) is 3.96. The predicted molar refractivity (Wildman–Crippen MR) is 103 cm³/mol. The lowest BCUT2D eigenvalue weighted by atomic mass is 9.89. The Bertz CT molecular complexity index is 693. The first-order chi connectivity index (χ1) is 13.1. The highest BCUT2D eigenvalue weighted by molar-refractivity contribution is 8.11. The second-order valence-corrected chi connectivity index (χ2v) is 7.54. The molecule has 1 saturated carbocycles. The zero-order valence-electron chi connectivity index (χ0n) is 15.7. The highest BCUT2D eigenvalue weighted by atomic mass is 32.2. The molecule has 7 nitrogen and oxygen atoms in total. The van der Waals surface area contributed by atoms with Crippen LogP contribution in [0.3, 0.4) is 0 Å². The number of hydrogen-bond acceptors (Lipinski definition) is 7. The van der Waals surface area contributed by atoms with Gasteiger partial charge in [-0.25, -0.2) is 0 Å². The molecule has 1 amide bonds. The van der Waals surface area contributed by atoms with Crippen molar-refractivity contribution in [2.45, 2.75) is 37.7 Å². The van der Waals surface area contributed by atoms with Gasteiger partial charge in [0.05, 0.1) is 26.2 Å². The number of methoxy groups -OCH3 is 2. The molecule has 2 atom stereocenters. The molecule has 2 aliphatic rings. The summed E-state index contributed by atoms with van der Waals surface area (Å²) in [5, 5.41) is 5.17. The Morgan fingerprint density at radius 3 is 2.52 bits per heavy atom. The maximum absolute atomic E-state index is 12.3. The first-order valence-corrected chi connectivity index (χ1v) is 10.0. The van der Waals surface area contributed by atoms with Crippen molar-refractivity contribution in [2.75, 3.05) is 27.3 Å². The molecule has 1 aromatic rings. The van der Waals surface area contributed by atoms with E-state index in [0.717, 1.165) is 18.4 Å². The Morgan fingerprint density at radius 1 is 1.15 bits per heavy atom. The number of rotatable bonds is 5. The highest BCUT2D eigenvalue weighted by Crippen LogP contribution is 2.39. The van der Waals surface area contributed by atoms with Crippen molar-refractivity contribution in [3.05, 3.63) is 23.8 Å². The number of amides is 1. The lowest BCUT2D eigenvalue weighted by molar-refractivity contribution is -0.145. The topological polar surface area (TPSA) is 91.1 Å². The summed E-state index contributed by atoms with van der Waals surface area (Å²) in [6.45, 7) is 0.712. The number of carbonyl (C=O) groups excluding carboxylic acids is 2. The van der Waals surface area contributed by atoms with Gasteiger partial charge in [0.2, 0.25) is 0 Å². The van der Waals surface area contributed by atoms with E-state index >= 15 is 0 Å². The quantitative estimate of drug-likeness (QED) is 0.606. The van der Waals surface area contributed by atoms with Crippen LogP contribution in [0.25, 0.3) is 0 Å². The van der Waals surface area contributed by atoms with Gasteiger partial charge in [-0.05, 0) is 43.4 Å². The minimum Gasteiger partial charge on any atom is -0.493 e. The third kappa shape index (κ3) is 4.32. The van der Waals surface area contributed by atoms with Crippen LogP contribution in [0, 0.1) is 5.92 Å². The van der Waals surface area contributed by atoms with Gasteiger partial charge in [-0.3, -0.25) is 14.7 Å². The van der Waals surface area contributed by atoms with Crippen LogP contribution in [-0.4, -0.2) is 49.5 Å². The second-order valence-electron chi connectivity index (χ2n) is 6.96. The third-order valence-corrected chi connectivity index (χ3v) is 5.85. The van der Waals surface area contributed by atoms with Crippen molar-refractivity contribution in [1.82, 2.24) is 4.90 Å². The Hall–Kier alpha value is -1.93. The van der Waals surface area contributed by atoms with Crippen LogP contribution in [0.15, 0.2) is 18.2 Å². The Kier molecular flexibility index (Phi) is 6.49. The van der Waals surface area contributed by atoms with Gasteiger partial charge >= 0.3 is 5.97 Å². The normalized spacial score (nSPS) is 22.7. The van der Waals surface area contributed by atoms with Gasteiger partial charge < -0.3 is 19.1 Å². The first kappa shape index (κ1) is 19.8. The molecule has 0 bridgehead atoms. The third-order valence-electron chi connectivity index (χ3n) is 5.39. The molecule has 3 rings (SSSR count). The molecule has 0 unspecified atom stereocenters. The Labute approximate surface area is 163 Å². The van der Waals surface area contributed by atoms with Crippen molar-refractivity contribution < 1.29 is 23.8 Å². The van der Waals surface area contributed by atoms with Crippen molar-refractivity contribution in [3.63, 3.8) is 0 Å². The highest BCUT2D eigenvalue weighted by Gasteiger charge is 2.41. The summed E-state index contributed by atoms with van der Waals surface area (Å²) < 4.78 is 16.6. The van der Waals surface area contributed by atoms with E-state index in [1.54, 1.807) is 12.0 Å². The summed E-state index contributed by atoms with van der Waals surface area (Å²) in [4.78, 5) is 25.9. The van der Waals surface area contributed by atoms with E-state index in [-0.39, 0.29) is 23.2 Å². The van der Waals surface area contributed by atoms with E-state index in [0.29, 0.717) is 36.5 Å². The minimum atomic E-state index is -0.432. The van der Waals surface area contributed by atoms with Crippen LogP contribution in [0.4, 0.5) is 4.79 Å². The molecule has 1 saturated heterocycles. The number of ether oxygens (including phenoxy) is 3. The van der Waals surface area contributed by atoms with Gasteiger partial charge in [-0.1, -0.05) is 6.07 Å². The summed E-state index contributed by atoms with van der Waals surface area (Å²) in [6, 6.07) is 5.71. The summed E-state index contributed by atoms with van der Waals surface area (Å²) in [7, 11) is 2.98. The fraction of sp³-hybridized carbons (Fsp3) is 0.579. The van der Waals surface area contributed by atoms with E-state index in [9.17, 15) is 9.59 Å². The molecule has 27 heavy (non-hydrogen) atoms. The summed E-state index contributed by atoms with van der Waals surface area (Å²) >= 11 is 0.661. The van der Waals surface area contributed by atoms with E-state index in [1.165, 1.54) is 20.0 Å². The molecule has 0 spiro atoms. The van der Waals surface area contributed by atoms with Crippen LogP contribution in [0.2, 0.25) is 0 Å². The second kappa shape index (κ2) is 8.84. The smallest absolute Gasteiger partial charge is 0.311 e. The van der Waals surface area contributed by atoms with Gasteiger partial charge in [0.15, 0.2) is 11.5 Å². The number of carbonyl (C=O) groups is 2. The standard InChI is InChI=1S/C19H26N2O5S/c1-24-16-8-7-12(9-17(16)26-13-5-3-4-6-13)14-10-21(19(23)27-20)11-15(14)18(22)25-2/h7-9,13-15H,3-6,10-11,20H2,1-2H3/t14-,15+/m1/s1. The number of likely N-dealkylation sites (tertiary alicyclic amines) is 1. The van der Waals surface area contributed by atoms with E-state index in [1.807, 2.05) is 18.2 Å². The van der Waals surface area contributed by atoms with Gasteiger partial charge in [0, 0.05) is 31.0 Å². The van der Waals surface area contributed by atoms with Crippen LogP contribution >= 0.6 is 11.9 Å². The monoisotopic (exact) mass is 394 g/mol. The maximum atomic E-state index is 12.3. The molecular formula is C19H26N2O5S. The molecular weight excluding hydrogens is 368 g/mol. The number of hydrogen-bond donors (Lipinski definition) is 1. The molecule has 2 fully saturated rings. The average Bonchev–Trinajstić information content (AvgIpc) is 3.36. The molecule has 0 radical (unpaired) electrons. The van der Waals surface area contributed by atoms with E-state index < -0.39 is 5.92 Å². The van der Waals surface area contributed by atoms with Crippen LogP contribution < -0.4 is 14.6 Å². The van der Waals surface area contributed by atoms with Gasteiger partial charge in [0.25, 0.3) is 5.24 Å². The van der Waals surface area contributed by atoms with E-state index in [2.05, 4.69) is 0 Å². The number of esters is 1. The van der Waals surface area contributed by atoms with Gasteiger partial charge in [-0.2, -0.15) is 0 Å². The van der Waals surface area contributed by atoms with E-state index in [4.69, 9.17) is 19.3 Å². The minimum absolute atomic E-state index is 0.176. The number of benzene rings is 1. The molecule has 1 aromatic carbocycles. The van der Waals surface area contributed by atoms with Gasteiger partial charge in [0.1, 0.15) is 0 Å². The van der Waals surface area contributed by atoms with Crippen molar-refractivity contribution in [3.8, 4) is 11.5 Å². The summed E-state index contributed by atoms with van der Waals surface area (Å²) in [5.41, 5.74) is 0.927. The predicted octanol–water partition coefficient (Wildman–Crippen LogP) is 2.93. The number of nitrogens with zero attached hydrogens (tertiary/aromatic N) is 1. The average molecular weight is 394 g/mol.